The Morgan fingerprint density at radius 3 is 1.42 bits per heavy atom. The average Bonchev–Trinajstić information content (AvgIpc) is 4.26. The molecule has 4 amide bonds. The molecule has 0 saturated carbocycles. The molecule has 5 aromatic rings. The average molecular weight is 1020 g/mol. The Bertz CT molecular complexity index is 2700. The van der Waals surface area contributed by atoms with E-state index in [-0.39, 0.29) is 46.4 Å². The van der Waals surface area contributed by atoms with Gasteiger partial charge >= 0.3 is 12.2 Å². The SMILES string of the molecule is COC(=O)N[C@H](C(=O)N1CCC[C@H]1c1nc2cc(F)c([C@H]3CC[C@H](c4cc5[nH]c([C@@H]6CCCN6C(=O)[C@@H](NC(=O)OC)[C@@H](C)OC)nc5cc4F)N3c3cc(F)c(N4CCCCC4)c(F)c3)cc2[nH]1)[C@@H](C)OC. The highest BCUT2D eigenvalue weighted by atomic mass is 19.1. The van der Waals surface area contributed by atoms with Crippen molar-refractivity contribution in [2.24, 2.45) is 0 Å². The first kappa shape index (κ1) is 51.2. The van der Waals surface area contributed by atoms with Gasteiger partial charge in [0.05, 0.1) is 72.7 Å². The number of aromatic nitrogens is 4. The monoisotopic (exact) mass is 1020 g/mol. The molecule has 392 valence electrons. The molecule has 0 spiro atoms. The number of imidazole rings is 2. The molecular weight excluding hydrogens is 957 g/mol. The van der Waals surface area contributed by atoms with Crippen molar-refractivity contribution >= 4 is 57.4 Å². The molecule has 0 radical (unpaired) electrons. The summed E-state index contributed by atoms with van der Waals surface area (Å²) < 4.78 is 87.0. The van der Waals surface area contributed by atoms with Gasteiger partial charge in [0.1, 0.15) is 41.1 Å². The summed E-state index contributed by atoms with van der Waals surface area (Å²) in [7, 11) is 5.25. The number of nitrogens with zero attached hydrogens (tertiary/aromatic N) is 6. The van der Waals surface area contributed by atoms with Crippen LogP contribution in [0.2, 0.25) is 0 Å². The second-order valence-electron chi connectivity index (χ2n) is 19.3. The number of alkyl carbamates (subject to hydrolysis) is 2. The van der Waals surface area contributed by atoms with E-state index in [0.29, 0.717) is 74.5 Å². The number of carbonyl (C=O) groups is 4. The number of benzene rings is 3. The number of rotatable bonds is 14. The Balaban J connectivity index is 1.07. The third-order valence-corrected chi connectivity index (χ3v) is 15.1. The Hall–Kier alpha value is -6.68. The molecule has 4 N–H and O–H groups in total. The lowest BCUT2D eigenvalue weighted by Crippen LogP contribution is -2.54. The maximum Gasteiger partial charge on any atom is 0.407 e. The van der Waals surface area contributed by atoms with E-state index in [4.69, 9.17) is 28.9 Å². The predicted octanol–water partition coefficient (Wildman–Crippen LogP) is 7.91. The zero-order valence-electron chi connectivity index (χ0n) is 41.7. The lowest BCUT2D eigenvalue weighted by molar-refractivity contribution is -0.138. The number of fused-ring (bicyclic) bond motifs is 2. The first-order valence-corrected chi connectivity index (χ1v) is 24.9. The molecule has 0 bridgehead atoms. The highest BCUT2D eigenvalue weighted by Gasteiger charge is 2.43. The molecule has 4 fully saturated rings. The van der Waals surface area contributed by atoms with Crippen LogP contribution in [0.4, 0.5) is 38.5 Å². The maximum atomic E-state index is 16.8. The first-order chi connectivity index (χ1) is 35.1. The van der Waals surface area contributed by atoms with Crippen molar-refractivity contribution < 1.29 is 55.7 Å². The van der Waals surface area contributed by atoms with Crippen molar-refractivity contribution in [3.05, 3.63) is 82.4 Å². The number of halogens is 4. The van der Waals surface area contributed by atoms with Crippen LogP contribution in [-0.2, 0) is 28.5 Å². The van der Waals surface area contributed by atoms with E-state index in [1.807, 2.05) is 0 Å². The van der Waals surface area contributed by atoms with Gasteiger partial charge in [-0.05, 0) is 95.9 Å². The lowest BCUT2D eigenvalue weighted by Gasteiger charge is -2.35. The molecule has 4 saturated heterocycles. The molecule has 4 aliphatic heterocycles. The van der Waals surface area contributed by atoms with Crippen molar-refractivity contribution in [3.63, 3.8) is 0 Å². The van der Waals surface area contributed by atoms with E-state index in [1.54, 1.807) is 45.6 Å². The quantitative estimate of drug-likeness (QED) is 0.0785. The summed E-state index contributed by atoms with van der Waals surface area (Å²) in [6.45, 7) is 5.02. The highest BCUT2D eigenvalue weighted by molar-refractivity contribution is 5.88. The van der Waals surface area contributed by atoms with Gasteiger partial charge < -0.3 is 59.1 Å². The minimum atomic E-state index is -1.06. The van der Waals surface area contributed by atoms with Crippen LogP contribution >= 0.6 is 0 Å². The number of piperidine rings is 1. The van der Waals surface area contributed by atoms with Gasteiger partial charge in [-0.1, -0.05) is 0 Å². The number of likely N-dealkylation sites (tertiary alicyclic amines) is 2. The number of amides is 4. The van der Waals surface area contributed by atoms with Crippen molar-refractivity contribution in [1.82, 2.24) is 40.4 Å². The molecule has 8 atom stereocenters. The number of H-pyrrole nitrogens is 2. The summed E-state index contributed by atoms with van der Waals surface area (Å²) in [6.07, 6.45) is 2.38. The Morgan fingerprint density at radius 1 is 0.575 bits per heavy atom. The van der Waals surface area contributed by atoms with Gasteiger partial charge in [0.2, 0.25) is 11.8 Å². The van der Waals surface area contributed by atoms with E-state index in [1.165, 1.54) is 52.7 Å². The van der Waals surface area contributed by atoms with E-state index in [9.17, 15) is 19.2 Å². The molecular formula is C51H62F4N10O8. The smallest absolute Gasteiger partial charge is 0.407 e. The van der Waals surface area contributed by atoms with E-state index >= 15 is 17.6 Å². The number of nitrogens with one attached hydrogen (secondary N) is 4. The van der Waals surface area contributed by atoms with Crippen LogP contribution in [-0.4, -0.2) is 133 Å². The molecule has 22 heteroatoms. The van der Waals surface area contributed by atoms with E-state index in [2.05, 4.69) is 20.6 Å². The van der Waals surface area contributed by atoms with Gasteiger partial charge in [-0.15, -0.1) is 0 Å². The van der Waals surface area contributed by atoms with Gasteiger partial charge in [0.15, 0.2) is 11.6 Å². The standard InChI is InChI=1S/C51H62F4N10O8/c1-26(70-3)43(60-50(68)72-5)48(66)63-18-10-12-41(63)46-56-35-22-29(31(52)24-37(35)58-46)39-14-15-40(65(39)28-20-33(54)45(34(55)21-28)62-16-8-7-9-17-62)30-23-36-38(25-32(30)53)59-47(57-36)42-13-11-19-64(42)49(67)44(27(2)71-4)61-51(69)73-6/h20-27,39-44H,7-19H2,1-6H3,(H,56,58)(H,57,59)(H,60,68)(H,61,69)/t26-,27-,39-,40-,41+,42+,43+,44+/m1/s1. The van der Waals surface area contributed by atoms with Crippen LogP contribution in [0, 0.1) is 23.3 Å². The van der Waals surface area contributed by atoms with E-state index < -0.39 is 95.7 Å². The molecule has 4 aliphatic rings. The normalized spacial score (nSPS) is 21.9. The number of ether oxygens (including phenoxy) is 4. The number of carbonyl (C=O) groups excluding carboxylic acids is 4. The number of aromatic amines is 2. The molecule has 2 aromatic heterocycles. The third-order valence-electron chi connectivity index (χ3n) is 15.1. The van der Waals surface area contributed by atoms with Crippen LogP contribution in [0.25, 0.3) is 22.1 Å². The minimum absolute atomic E-state index is 0.0962. The van der Waals surface area contributed by atoms with Gasteiger partial charge in [0.25, 0.3) is 0 Å². The summed E-state index contributed by atoms with van der Waals surface area (Å²) in [5.74, 6) is -2.87. The number of hydrogen-bond acceptors (Lipinski definition) is 12. The van der Waals surface area contributed by atoms with Crippen LogP contribution in [0.15, 0.2) is 36.4 Å². The summed E-state index contributed by atoms with van der Waals surface area (Å²) in [5.41, 5.74) is 1.78. The fourth-order valence-corrected chi connectivity index (χ4v) is 11.3. The number of anilines is 2. The van der Waals surface area contributed by atoms with Crippen LogP contribution in [0.5, 0.6) is 0 Å². The second kappa shape index (κ2) is 21.4. The third kappa shape index (κ3) is 9.94. The number of methoxy groups -OCH3 is 4. The molecule has 9 rings (SSSR count). The second-order valence-corrected chi connectivity index (χ2v) is 19.3. The molecule has 6 heterocycles. The maximum absolute atomic E-state index is 16.8. The van der Waals surface area contributed by atoms with Crippen LogP contribution in [0.1, 0.15) is 119 Å². The molecule has 0 unspecified atom stereocenters. The fourth-order valence-electron chi connectivity index (χ4n) is 11.3. The Morgan fingerprint density at radius 2 is 1.01 bits per heavy atom. The minimum Gasteiger partial charge on any atom is -0.453 e. The van der Waals surface area contributed by atoms with Crippen molar-refractivity contribution in [1.29, 1.82) is 0 Å². The highest BCUT2D eigenvalue weighted by Crippen LogP contribution is 2.50. The summed E-state index contributed by atoms with van der Waals surface area (Å²) >= 11 is 0. The fraction of sp³-hybridized carbons (Fsp3) is 0.529. The summed E-state index contributed by atoms with van der Waals surface area (Å²) in [4.78, 5) is 75.1. The van der Waals surface area contributed by atoms with Crippen LogP contribution < -0.4 is 20.4 Å². The molecule has 73 heavy (non-hydrogen) atoms. The molecule has 3 aromatic carbocycles. The summed E-state index contributed by atoms with van der Waals surface area (Å²) in [5, 5.41) is 5.14. The zero-order valence-corrected chi connectivity index (χ0v) is 41.7. The predicted molar refractivity (Wildman–Crippen MR) is 261 cm³/mol. The molecule has 18 nitrogen and oxygen atoms in total. The zero-order chi connectivity index (χ0) is 51.8. The largest absolute Gasteiger partial charge is 0.453 e. The Kier molecular flexibility index (Phi) is 15.0. The first-order valence-electron chi connectivity index (χ1n) is 24.9. The van der Waals surface area contributed by atoms with Gasteiger partial charge in [-0.25, -0.2) is 37.1 Å². The van der Waals surface area contributed by atoms with Gasteiger partial charge in [0, 0.05) is 69.3 Å². The Labute approximate surface area is 419 Å². The van der Waals surface area contributed by atoms with Crippen molar-refractivity contribution in [2.75, 3.05) is 64.4 Å². The lowest BCUT2D eigenvalue weighted by atomic mass is 10.0. The molecule has 0 aliphatic carbocycles. The number of hydrogen-bond donors (Lipinski definition) is 4. The van der Waals surface area contributed by atoms with Gasteiger partial charge in [-0.2, -0.15) is 0 Å². The van der Waals surface area contributed by atoms with E-state index in [0.717, 1.165) is 19.3 Å². The summed E-state index contributed by atoms with van der Waals surface area (Å²) in [6, 6.07) is 3.35. The van der Waals surface area contributed by atoms with Gasteiger partial charge in [-0.3, -0.25) is 9.59 Å². The van der Waals surface area contributed by atoms with Crippen LogP contribution in [0.3, 0.4) is 0 Å². The van der Waals surface area contributed by atoms with Crippen molar-refractivity contribution in [3.8, 4) is 0 Å². The topological polar surface area (TPSA) is 200 Å². The van der Waals surface area contributed by atoms with Crippen molar-refractivity contribution in [2.45, 2.75) is 120 Å².